The molecule has 5 nitrogen and oxygen atoms in total. The van der Waals surface area contributed by atoms with Gasteiger partial charge in [0, 0.05) is 25.0 Å². The van der Waals surface area contributed by atoms with Crippen LogP contribution in [0.15, 0.2) is 53.7 Å². The third-order valence-corrected chi connectivity index (χ3v) is 4.72. The van der Waals surface area contributed by atoms with Crippen molar-refractivity contribution in [1.82, 2.24) is 15.0 Å². The maximum absolute atomic E-state index is 12.3. The number of nitrogens with one attached hydrogen (secondary N) is 2. The van der Waals surface area contributed by atoms with Gasteiger partial charge in [-0.15, -0.1) is 0 Å². The van der Waals surface area contributed by atoms with Gasteiger partial charge in [0.25, 0.3) is 0 Å². The molecule has 112 valence electrons. The van der Waals surface area contributed by atoms with Gasteiger partial charge in [-0.05, 0) is 49.4 Å². The van der Waals surface area contributed by atoms with Crippen molar-refractivity contribution in [3.8, 4) is 0 Å². The summed E-state index contributed by atoms with van der Waals surface area (Å²) >= 11 is 0. The van der Waals surface area contributed by atoms with E-state index in [0.29, 0.717) is 0 Å². The SMILES string of the molecule is CNC(C)c1cccc(S(=O)(=O)NCc2ccncc2)c1. The molecule has 0 saturated carbocycles. The summed E-state index contributed by atoms with van der Waals surface area (Å²) in [7, 11) is -1.68. The number of hydrogen-bond donors (Lipinski definition) is 2. The number of nitrogens with zero attached hydrogens (tertiary/aromatic N) is 1. The highest BCUT2D eigenvalue weighted by atomic mass is 32.2. The first-order chi connectivity index (χ1) is 10.0. The number of aromatic nitrogens is 1. The Kier molecular flexibility index (Phi) is 5.06. The molecule has 1 heterocycles. The fraction of sp³-hybridized carbons (Fsp3) is 0.267. The third-order valence-electron chi connectivity index (χ3n) is 3.32. The number of rotatable bonds is 6. The van der Waals surface area contributed by atoms with Gasteiger partial charge in [-0.1, -0.05) is 12.1 Å². The van der Waals surface area contributed by atoms with E-state index in [2.05, 4.69) is 15.0 Å². The minimum Gasteiger partial charge on any atom is -0.313 e. The van der Waals surface area contributed by atoms with E-state index in [9.17, 15) is 8.42 Å². The van der Waals surface area contributed by atoms with E-state index in [0.717, 1.165) is 11.1 Å². The molecule has 0 aliphatic rings. The summed E-state index contributed by atoms with van der Waals surface area (Å²) in [6.45, 7) is 2.23. The van der Waals surface area contributed by atoms with Gasteiger partial charge < -0.3 is 5.32 Å². The second kappa shape index (κ2) is 6.80. The van der Waals surface area contributed by atoms with Gasteiger partial charge in [0.1, 0.15) is 0 Å². The smallest absolute Gasteiger partial charge is 0.240 e. The molecule has 2 N–H and O–H groups in total. The Morgan fingerprint density at radius 3 is 2.57 bits per heavy atom. The van der Waals surface area contributed by atoms with Crippen molar-refractivity contribution in [3.63, 3.8) is 0 Å². The van der Waals surface area contributed by atoms with Crippen LogP contribution >= 0.6 is 0 Å². The zero-order valence-electron chi connectivity index (χ0n) is 12.1. The topological polar surface area (TPSA) is 71.1 Å². The van der Waals surface area contributed by atoms with Crippen LogP contribution in [0.25, 0.3) is 0 Å². The summed E-state index contributed by atoms with van der Waals surface area (Å²) in [6, 6.07) is 10.6. The molecule has 1 aromatic heterocycles. The number of benzene rings is 1. The number of sulfonamides is 1. The van der Waals surface area contributed by atoms with Crippen LogP contribution in [0.2, 0.25) is 0 Å². The van der Waals surface area contributed by atoms with E-state index in [1.165, 1.54) is 0 Å². The van der Waals surface area contributed by atoms with Crippen LogP contribution in [0.4, 0.5) is 0 Å². The van der Waals surface area contributed by atoms with Gasteiger partial charge in [-0.3, -0.25) is 4.98 Å². The van der Waals surface area contributed by atoms with Crippen LogP contribution in [0.5, 0.6) is 0 Å². The molecule has 2 aromatic rings. The van der Waals surface area contributed by atoms with Crippen LogP contribution in [0.3, 0.4) is 0 Å². The van der Waals surface area contributed by atoms with Crippen LogP contribution in [-0.2, 0) is 16.6 Å². The number of hydrogen-bond acceptors (Lipinski definition) is 4. The van der Waals surface area contributed by atoms with Crippen molar-refractivity contribution in [2.75, 3.05) is 7.05 Å². The molecular weight excluding hydrogens is 286 g/mol. The molecule has 0 aliphatic heterocycles. The lowest BCUT2D eigenvalue weighted by atomic mass is 10.1. The first kappa shape index (κ1) is 15.6. The highest BCUT2D eigenvalue weighted by Gasteiger charge is 2.15. The molecule has 0 saturated heterocycles. The second-order valence-corrected chi connectivity index (χ2v) is 6.53. The average molecular weight is 305 g/mol. The van der Waals surface area contributed by atoms with Crippen molar-refractivity contribution < 1.29 is 8.42 Å². The molecule has 0 bridgehead atoms. The zero-order chi connectivity index (χ0) is 15.3. The Hall–Kier alpha value is -1.76. The highest BCUT2D eigenvalue weighted by molar-refractivity contribution is 7.89. The minimum absolute atomic E-state index is 0.0975. The summed E-state index contributed by atoms with van der Waals surface area (Å²) in [6.07, 6.45) is 3.28. The molecule has 2 rings (SSSR count). The van der Waals surface area contributed by atoms with Crippen molar-refractivity contribution in [2.45, 2.75) is 24.4 Å². The monoisotopic (exact) mass is 305 g/mol. The molecule has 1 unspecified atom stereocenters. The first-order valence-corrected chi connectivity index (χ1v) is 8.17. The molecule has 0 spiro atoms. The Morgan fingerprint density at radius 1 is 1.19 bits per heavy atom. The van der Waals surface area contributed by atoms with Crippen LogP contribution < -0.4 is 10.0 Å². The molecule has 0 radical (unpaired) electrons. The lowest BCUT2D eigenvalue weighted by Crippen LogP contribution is -2.23. The van der Waals surface area contributed by atoms with Gasteiger partial charge in [0.2, 0.25) is 10.0 Å². The average Bonchev–Trinajstić information content (AvgIpc) is 2.53. The molecule has 21 heavy (non-hydrogen) atoms. The predicted molar refractivity (Wildman–Crippen MR) is 82.2 cm³/mol. The normalized spacial score (nSPS) is 13.0. The molecule has 0 amide bonds. The van der Waals surface area contributed by atoms with E-state index in [1.807, 2.05) is 20.0 Å². The zero-order valence-corrected chi connectivity index (χ0v) is 12.9. The van der Waals surface area contributed by atoms with Crippen LogP contribution in [0.1, 0.15) is 24.1 Å². The molecule has 6 heteroatoms. The summed E-state index contributed by atoms with van der Waals surface area (Å²) in [5.74, 6) is 0. The van der Waals surface area contributed by atoms with E-state index >= 15 is 0 Å². The summed E-state index contributed by atoms with van der Waals surface area (Å²) in [5, 5.41) is 3.10. The third kappa shape index (κ3) is 4.10. The number of pyridine rings is 1. The van der Waals surface area contributed by atoms with Gasteiger partial charge in [-0.2, -0.15) is 0 Å². The summed E-state index contributed by atoms with van der Waals surface area (Å²) in [5.41, 5.74) is 1.80. The maximum atomic E-state index is 12.3. The second-order valence-electron chi connectivity index (χ2n) is 4.76. The molecular formula is C15H19N3O2S. The van der Waals surface area contributed by atoms with Gasteiger partial charge >= 0.3 is 0 Å². The van der Waals surface area contributed by atoms with Crippen molar-refractivity contribution in [1.29, 1.82) is 0 Å². The fourth-order valence-electron chi connectivity index (χ4n) is 1.88. The minimum atomic E-state index is -3.52. The lowest BCUT2D eigenvalue weighted by molar-refractivity contribution is 0.580. The Balaban J connectivity index is 2.16. The highest BCUT2D eigenvalue weighted by Crippen LogP contribution is 2.17. The molecule has 1 aromatic carbocycles. The van der Waals surface area contributed by atoms with E-state index in [4.69, 9.17) is 0 Å². The lowest BCUT2D eigenvalue weighted by Gasteiger charge is -2.12. The maximum Gasteiger partial charge on any atom is 0.240 e. The predicted octanol–water partition coefficient (Wildman–Crippen LogP) is 1.84. The van der Waals surface area contributed by atoms with E-state index in [-0.39, 0.29) is 17.5 Å². The fourth-order valence-corrected chi connectivity index (χ4v) is 2.95. The molecule has 0 fully saturated rings. The quantitative estimate of drug-likeness (QED) is 0.854. The largest absolute Gasteiger partial charge is 0.313 e. The molecule has 0 aliphatic carbocycles. The standard InChI is InChI=1S/C15H19N3O2S/c1-12(16-2)14-4-3-5-15(10-14)21(19,20)18-11-13-6-8-17-9-7-13/h3-10,12,16,18H,11H2,1-2H3. The summed E-state index contributed by atoms with van der Waals surface area (Å²) in [4.78, 5) is 4.18. The van der Waals surface area contributed by atoms with Gasteiger partial charge in [0.15, 0.2) is 0 Å². The van der Waals surface area contributed by atoms with Gasteiger partial charge in [-0.25, -0.2) is 13.1 Å². The Labute approximate surface area is 125 Å². The van der Waals surface area contributed by atoms with Crippen molar-refractivity contribution in [3.05, 3.63) is 59.9 Å². The summed E-state index contributed by atoms with van der Waals surface area (Å²) < 4.78 is 27.2. The van der Waals surface area contributed by atoms with Crippen LogP contribution in [-0.4, -0.2) is 20.4 Å². The van der Waals surface area contributed by atoms with Crippen molar-refractivity contribution in [2.24, 2.45) is 0 Å². The Morgan fingerprint density at radius 2 is 1.90 bits per heavy atom. The van der Waals surface area contributed by atoms with Crippen molar-refractivity contribution >= 4 is 10.0 Å². The van der Waals surface area contributed by atoms with E-state index in [1.54, 1.807) is 42.7 Å². The van der Waals surface area contributed by atoms with Crippen LogP contribution in [0, 0.1) is 0 Å². The Bertz CT molecular complexity index is 687. The van der Waals surface area contributed by atoms with E-state index < -0.39 is 10.0 Å². The first-order valence-electron chi connectivity index (χ1n) is 6.69. The molecule has 1 atom stereocenters. The van der Waals surface area contributed by atoms with Gasteiger partial charge in [0.05, 0.1) is 4.90 Å².